The lowest BCUT2D eigenvalue weighted by atomic mass is 10.2. The minimum Gasteiger partial charge on any atom is -0.325 e. The largest absolute Gasteiger partial charge is 0.325 e. The monoisotopic (exact) mass is 298 g/mol. The number of hydrazine groups is 1. The van der Waals surface area contributed by atoms with Gasteiger partial charge in [0, 0.05) is 16.7 Å². The molecule has 0 heterocycles. The summed E-state index contributed by atoms with van der Waals surface area (Å²) in [6, 6.07) is 6.03. The molecule has 0 atom stereocenters. The maximum Gasteiger partial charge on any atom is 0.210 e. The predicted molar refractivity (Wildman–Crippen MR) is 77.0 cm³/mol. The number of hydrogen-bond acceptors (Lipinski definition) is 2. The van der Waals surface area contributed by atoms with Gasteiger partial charge in [-0.1, -0.05) is 35.8 Å². The zero-order valence-electron chi connectivity index (χ0n) is 10.4. The molecule has 0 aliphatic heterocycles. The van der Waals surface area contributed by atoms with E-state index in [9.17, 15) is 0 Å². The lowest BCUT2D eigenvalue weighted by Crippen LogP contribution is -2.36. The fraction of sp³-hybridized carbons (Fsp3) is 0.417. The average molecular weight is 299 g/mol. The molecule has 0 fully saturated rings. The number of benzene rings is 1. The van der Waals surface area contributed by atoms with Gasteiger partial charge in [0.05, 0.1) is 0 Å². The Hall–Kier alpha value is -1.07. The van der Waals surface area contributed by atoms with E-state index in [0.717, 1.165) is 22.3 Å². The molecule has 0 unspecified atom stereocenters. The molecule has 1 aromatic rings. The summed E-state index contributed by atoms with van der Waals surface area (Å²) >= 11 is 3.44. The molecule has 1 aromatic carbocycles. The summed E-state index contributed by atoms with van der Waals surface area (Å²) in [7, 11) is 0. The minimum atomic E-state index is 0.503. The Morgan fingerprint density at radius 2 is 2.18 bits per heavy atom. The number of anilines is 1. The molecule has 0 bridgehead atoms. The van der Waals surface area contributed by atoms with Crippen molar-refractivity contribution >= 4 is 27.6 Å². The van der Waals surface area contributed by atoms with Crippen LogP contribution in [-0.4, -0.2) is 12.5 Å². The molecule has 1 rings (SSSR count). The van der Waals surface area contributed by atoms with Crippen LogP contribution in [0.1, 0.15) is 19.4 Å². The fourth-order valence-electron chi connectivity index (χ4n) is 1.25. The Morgan fingerprint density at radius 1 is 1.47 bits per heavy atom. The van der Waals surface area contributed by atoms with Gasteiger partial charge in [0.1, 0.15) is 0 Å². The summed E-state index contributed by atoms with van der Waals surface area (Å²) in [6.07, 6.45) is 0. The summed E-state index contributed by atoms with van der Waals surface area (Å²) in [4.78, 5) is 4.36. The topological polar surface area (TPSA) is 62.4 Å². The normalized spacial score (nSPS) is 11.8. The van der Waals surface area contributed by atoms with Gasteiger partial charge in [0.25, 0.3) is 0 Å². The molecule has 0 aromatic heterocycles. The van der Waals surface area contributed by atoms with Crippen LogP contribution in [0.2, 0.25) is 0 Å². The van der Waals surface area contributed by atoms with Gasteiger partial charge in [-0.2, -0.15) is 0 Å². The van der Waals surface area contributed by atoms with Crippen LogP contribution in [0.25, 0.3) is 0 Å². The first-order valence-corrected chi connectivity index (χ1v) is 6.36. The maximum atomic E-state index is 5.44. The number of aliphatic imine (C=N–C) groups is 1. The van der Waals surface area contributed by atoms with Crippen molar-refractivity contribution in [2.45, 2.75) is 20.8 Å². The summed E-state index contributed by atoms with van der Waals surface area (Å²) in [6.45, 7) is 6.99. The molecule has 0 radical (unpaired) electrons. The molecule has 5 heteroatoms. The number of aryl methyl sites for hydroxylation is 1. The maximum absolute atomic E-state index is 5.44. The van der Waals surface area contributed by atoms with Crippen LogP contribution >= 0.6 is 15.9 Å². The first kappa shape index (κ1) is 14.0. The summed E-state index contributed by atoms with van der Waals surface area (Å²) in [5, 5.41) is 3.18. The number of nitrogens with two attached hydrogens (primary N) is 1. The summed E-state index contributed by atoms with van der Waals surface area (Å²) < 4.78 is 1.02. The SMILES string of the molecule is Cc1ccc(Br)cc1NC(=NCC(C)C)NN. The Labute approximate surface area is 111 Å². The van der Waals surface area contributed by atoms with Gasteiger partial charge >= 0.3 is 0 Å². The Balaban J connectivity index is 2.80. The van der Waals surface area contributed by atoms with Gasteiger partial charge in [-0.3, -0.25) is 10.4 Å². The minimum absolute atomic E-state index is 0.503. The second-order valence-electron chi connectivity index (χ2n) is 4.31. The molecule has 4 nitrogen and oxygen atoms in total. The van der Waals surface area contributed by atoms with Gasteiger partial charge in [0.2, 0.25) is 5.96 Å². The highest BCUT2D eigenvalue weighted by atomic mass is 79.9. The van der Waals surface area contributed by atoms with E-state index in [1.54, 1.807) is 0 Å². The molecule has 0 saturated carbocycles. The number of rotatable bonds is 3. The molecule has 0 saturated heterocycles. The van der Waals surface area contributed by atoms with Crippen molar-refractivity contribution in [1.82, 2.24) is 5.43 Å². The zero-order valence-corrected chi connectivity index (χ0v) is 12.0. The van der Waals surface area contributed by atoms with E-state index < -0.39 is 0 Å². The van der Waals surface area contributed by atoms with E-state index >= 15 is 0 Å². The van der Waals surface area contributed by atoms with Crippen LogP contribution in [0.4, 0.5) is 5.69 Å². The highest BCUT2D eigenvalue weighted by molar-refractivity contribution is 9.10. The van der Waals surface area contributed by atoms with Crippen molar-refractivity contribution in [1.29, 1.82) is 0 Å². The van der Waals surface area contributed by atoms with Crippen molar-refractivity contribution < 1.29 is 0 Å². The third kappa shape index (κ3) is 4.75. The van der Waals surface area contributed by atoms with E-state index in [1.165, 1.54) is 0 Å². The summed E-state index contributed by atoms with van der Waals surface area (Å²) in [5.74, 6) is 6.53. The van der Waals surface area contributed by atoms with Crippen LogP contribution in [0.15, 0.2) is 27.7 Å². The smallest absolute Gasteiger partial charge is 0.210 e. The molecule has 17 heavy (non-hydrogen) atoms. The van der Waals surface area contributed by atoms with Crippen molar-refractivity contribution in [3.8, 4) is 0 Å². The molecular weight excluding hydrogens is 280 g/mol. The number of halogens is 1. The van der Waals surface area contributed by atoms with Gasteiger partial charge in [-0.15, -0.1) is 0 Å². The number of nitrogens with one attached hydrogen (secondary N) is 2. The second kappa shape index (κ2) is 6.61. The predicted octanol–water partition coefficient (Wildman–Crippen LogP) is 2.64. The standard InChI is InChI=1S/C12H19BrN4/c1-8(2)7-15-12(17-14)16-11-6-10(13)5-4-9(11)3/h4-6,8H,7,14H2,1-3H3,(H2,15,16,17). The first-order valence-electron chi connectivity index (χ1n) is 5.57. The van der Waals surface area contributed by atoms with Crippen molar-refractivity contribution in [3.05, 3.63) is 28.2 Å². The molecule has 0 spiro atoms. The number of guanidine groups is 1. The molecule has 0 aliphatic carbocycles. The third-order valence-corrected chi connectivity index (χ3v) is 2.70. The number of nitrogens with zero attached hydrogens (tertiary/aromatic N) is 1. The van der Waals surface area contributed by atoms with E-state index in [4.69, 9.17) is 5.84 Å². The average Bonchev–Trinajstić information content (AvgIpc) is 2.28. The Kier molecular flexibility index (Phi) is 5.44. The van der Waals surface area contributed by atoms with E-state index in [-0.39, 0.29) is 0 Å². The van der Waals surface area contributed by atoms with E-state index in [2.05, 4.69) is 45.5 Å². The fourth-order valence-corrected chi connectivity index (χ4v) is 1.61. The highest BCUT2D eigenvalue weighted by Gasteiger charge is 2.02. The van der Waals surface area contributed by atoms with E-state index in [0.29, 0.717) is 11.9 Å². The van der Waals surface area contributed by atoms with Gasteiger partial charge < -0.3 is 5.32 Å². The van der Waals surface area contributed by atoms with Crippen LogP contribution in [-0.2, 0) is 0 Å². The third-order valence-electron chi connectivity index (χ3n) is 2.20. The zero-order chi connectivity index (χ0) is 12.8. The Bertz CT molecular complexity index is 401. The number of hydrogen-bond donors (Lipinski definition) is 3. The van der Waals surface area contributed by atoms with Gasteiger partial charge in [-0.05, 0) is 30.5 Å². The molecule has 4 N–H and O–H groups in total. The summed E-state index contributed by atoms with van der Waals surface area (Å²) in [5.41, 5.74) is 4.70. The van der Waals surface area contributed by atoms with Gasteiger partial charge in [-0.25, -0.2) is 5.84 Å². The van der Waals surface area contributed by atoms with Crippen LogP contribution in [0, 0.1) is 12.8 Å². The quantitative estimate of drug-likeness (QED) is 0.348. The lowest BCUT2D eigenvalue weighted by Gasteiger charge is -2.12. The van der Waals surface area contributed by atoms with Crippen LogP contribution in [0.5, 0.6) is 0 Å². The molecule has 0 aliphatic rings. The van der Waals surface area contributed by atoms with Crippen LogP contribution < -0.4 is 16.6 Å². The molecular formula is C12H19BrN4. The lowest BCUT2D eigenvalue weighted by molar-refractivity contribution is 0.663. The molecule has 94 valence electrons. The van der Waals surface area contributed by atoms with Crippen molar-refractivity contribution in [2.75, 3.05) is 11.9 Å². The molecule has 0 amide bonds. The van der Waals surface area contributed by atoms with Crippen molar-refractivity contribution in [3.63, 3.8) is 0 Å². The first-order chi connectivity index (χ1) is 8.02. The van der Waals surface area contributed by atoms with Crippen LogP contribution in [0.3, 0.4) is 0 Å². The second-order valence-corrected chi connectivity index (χ2v) is 5.23. The van der Waals surface area contributed by atoms with Crippen molar-refractivity contribution in [2.24, 2.45) is 16.8 Å². The Morgan fingerprint density at radius 3 is 2.76 bits per heavy atom. The highest BCUT2D eigenvalue weighted by Crippen LogP contribution is 2.20. The van der Waals surface area contributed by atoms with E-state index in [1.807, 2.05) is 25.1 Å². The van der Waals surface area contributed by atoms with Gasteiger partial charge in [0.15, 0.2) is 0 Å².